The van der Waals surface area contributed by atoms with Crippen LogP contribution in [-0.4, -0.2) is 26.7 Å². The number of nitrogens with zero attached hydrogens (tertiary/aromatic N) is 1. The van der Waals surface area contributed by atoms with Crippen molar-refractivity contribution in [3.8, 4) is 0 Å². The van der Waals surface area contributed by atoms with Crippen LogP contribution in [0.25, 0.3) is 10.9 Å². The van der Waals surface area contributed by atoms with Crippen LogP contribution in [0.15, 0.2) is 66.9 Å². The van der Waals surface area contributed by atoms with Gasteiger partial charge in [0.1, 0.15) is 6.54 Å². The molecule has 1 amide bonds. The third-order valence-electron chi connectivity index (χ3n) is 3.93. The fourth-order valence-corrected chi connectivity index (χ4v) is 3.56. The minimum Gasteiger partial charge on any atom is -0.347 e. The third kappa shape index (κ3) is 3.92. The summed E-state index contributed by atoms with van der Waals surface area (Å²) in [7, 11) is -0.995. The molecule has 0 saturated carbocycles. The van der Waals surface area contributed by atoms with Crippen LogP contribution >= 0.6 is 0 Å². The normalized spacial score (nSPS) is 13.5. The van der Waals surface area contributed by atoms with Gasteiger partial charge in [-0.15, -0.1) is 0 Å². The van der Waals surface area contributed by atoms with Crippen molar-refractivity contribution in [3.63, 3.8) is 0 Å². The molecule has 5 heteroatoms. The molecule has 2 aromatic carbocycles. The number of benzene rings is 2. The van der Waals surface area contributed by atoms with E-state index in [-0.39, 0.29) is 18.5 Å². The number of rotatable bonds is 6. The van der Waals surface area contributed by atoms with Gasteiger partial charge in [-0.2, -0.15) is 0 Å². The maximum absolute atomic E-state index is 12.5. The molecular weight excluding hydrogens is 320 g/mol. The quantitative estimate of drug-likeness (QED) is 0.750. The Kier molecular flexibility index (Phi) is 5.11. The Bertz CT molecular complexity index is 858. The maximum atomic E-state index is 12.5. The van der Waals surface area contributed by atoms with E-state index in [0.717, 1.165) is 16.5 Å². The lowest BCUT2D eigenvalue weighted by atomic mass is 10.1. The molecule has 0 radical (unpaired) electrons. The first kappa shape index (κ1) is 16.5. The van der Waals surface area contributed by atoms with Gasteiger partial charge in [-0.25, -0.2) is 0 Å². The van der Waals surface area contributed by atoms with Gasteiger partial charge in [-0.05, 0) is 23.1 Å². The molecule has 24 heavy (non-hydrogen) atoms. The van der Waals surface area contributed by atoms with Crippen molar-refractivity contribution in [3.05, 3.63) is 72.4 Å². The van der Waals surface area contributed by atoms with Crippen molar-refractivity contribution in [2.75, 3.05) is 12.0 Å². The van der Waals surface area contributed by atoms with Crippen molar-refractivity contribution in [1.29, 1.82) is 0 Å². The summed E-state index contributed by atoms with van der Waals surface area (Å²) in [4.78, 5) is 12.5. The van der Waals surface area contributed by atoms with Crippen molar-refractivity contribution < 1.29 is 9.00 Å². The highest BCUT2D eigenvalue weighted by Crippen LogP contribution is 2.16. The molecule has 3 aromatic rings. The van der Waals surface area contributed by atoms with E-state index in [4.69, 9.17) is 0 Å². The predicted octanol–water partition coefficient (Wildman–Crippen LogP) is 2.88. The lowest BCUT2D eigenvalue weighted by Gasteiger charge is -2.18. The van der Waals surface area contributed by atoms with E-state index in [1.165, 1.54) is 0 Å². The highest BCUT2D eigenvalue weighted by atomic mass is 32.2. The molecule has 0 aliphatic carbocycles. The molecule has 0 bridgehead atoms. The number of amides is 1. The Balaban J connectivity index is 1.75. The molecule has 0 spiro atoms. The molecule has 0 aliphatic rings. The Hall–Kier alpha value is -2.40. The van der Waals surface area contributed by atoms with Crippen molar-refractivity contribution in [1.82, 2.24) is 9.88 Å². The Morgan fingerprint density at radius 1 is 1.08 bits per heavy atom. The van der Waals surface area contributed by atoms with Crippen LogP contribution in [0.2, 0.25) is 0 Å². The molecule has 0 fully saturated rings. The summed E-state index contributed by atoms with van der Waals surface area (Å²) in [6.45, 7) is 0.243. The van der Waals surface area contributed by atoms with Gasteiger partial charge >= 0.3 is 0 Å². The first-order chi connectivity index (χ1) is 11.6. The van der Waals surface area contributed by atoms with E-state index in [2.05, 4.69) is 5.32 Å². The summed E-state index contributed by atoms with van der Waals surface area (Å²) < 4.78 is 13.6. The lowest BCUT2D eigenvalue weighted by molar-refractivity contribution is -0.122. The van der Waals surface area contributed by atoms with Crippen LogP contribution in [0.4, 0.5) is 0 Å². The van der Waals surface area contributed by atoms with Crippen LogP contribution in [0.5, 0.6) is 0 Å². The van der Waals surface area contributed by atoms with E-state index in [1.54, 1.807) is 6.26 Å². The molecule has 124 valence electrons. The van der Waals surface area contributed by atoms with Crippen molar-refractivity contribution in [2.24, 2.45) is 0 Å². The molecule has 2 atom stereocenters. The average molecular weight is 340 g/mol. The van der Waals surface area contributed by atoms with Gasteiger partial charge in [0.15, 0.2) is 0 Å². The topological polar surface area (TPSA) is 51.1 Å². The molecule has 0 saturated heterocycles. The third-order valence-corrected chi connectivity index (χ3v) is 4.74. The second-order valence-corrected chi connectivity index (χ2v) is 7.25. The largest absolute Gasteiger partial charge is 0.347 e. The summed E-state index contributed by atoms with van der Waals surface area (Å²) in [6, 6.07) is 19.4. The molecule has 1 N–H and O–H groups in total. The second kappa shape index (κ2) is 7.45. The van der Waals surface area contributed by atoms with Gasteiger partial charge in [0.25, 0.3) is 0 Å². The Morgan fingerprint density at radius 2 is 1.79 bits per heavy atom. The van der Waals surface area contributed by atoms with Gasteiger partial charge in [-0.1, -0.05) is 48.5 Å². The van der Waals surface area contributed by atoms with Crippen LogP contribution in [-0.2, 0) is 22.1 Å². The molecule has 4 nitrogen and oxygen atoms in total. The van der Waals surface area contributed by atoms with Gasteiger partial charge in [0.05, 0.1) is 6.04 Å². The number of fused-ring (bicyclic) bond motifs is 1. The van der Waals surface area contributed by atoms with Crippen molar-refractivity contribution >= 4 is 27.6 Å². The van der Waals surface area contributed by atoms with Crippen LogP contribution < -0.4 is 5.32 Å². The molecule has 1 aromatic heterocycles. The number of hydrogen-bond donors (Lipinski definition) is 1. The minimum absolute atomic E-state index is 0.0874. The first-order valence-electron chi connectivity index (χ1n) is 7.81. The number of aromatic nitrogens is 1. The Labute approximate surface area is 143 Å². The zero-order chi connectivity index (χ0) is 16.9. The smallest absolute Gasteiger partial charge is 0.240 e. The van der Waals surface area contributed by atoms with Gasteiger partial charge in [0.2, 0.25) is 5.91 Å². The van der Waals surface area contributed by atoms with E-state index in [9.17, 15) is 9.00 Å². The van der Waals surface area contributed by atoms with Gasteiger partial charge < -0.3 is 9.88 Å². The van der Waals surface area contributed by atoms with Crippen LogP contribution in [0, 0.1) is 0 Å². The molecule has 1 heterocycles. The Morgan fingerprint density at radius 3 is 2.54 bits per heavy atom. The minimum atomic E-state index is -0.995. The molecule has 3 rings (SSSR count). The lowest BCUT2D eigenvalue weighted by Crippen LogP contribution is -2.34. The zero-order valence-corrected chi connectivity index (χ0v) is 14.3. The highest BCUT2D eigenvalue weighted by molar-refractivity contribution is 7.84. The summed E-state index contributed by atoms with van der Waals surface area (Å²) >= 11 is 0. The summed E-state index contributed by atoms with van der Waals surface area (Å²) in [5.74, 6) is 0.318. The van der Waals surface area contributed by atoms with Gasteiger partial charge in [0, 0.05) is 34.5 Å². The summed E-state index contributed by atoms with van der Waals surface area (Å²) in [6.07, 6.45) is 3.57. The predicted molar refractivity (Wildman–Crippen MR) is 98.2 cm³/mol. The van der Waals surface area contributed by atoms with Crippen molar-refractivity contribution in [2.45, 2.75) is 12.6 Å². The molecular formula is C19H20N2O2S. The number of hydrogen-bond acceptors (Lipinski definition) is 2. The van der Waals surface area contributed by atoms with E-state index in [1.807, 2.05) is 71.4 Å². The van der Waals surface area contributed by atoms with Crippen LogP contribution in [0.3, 0.4) is 0 Å². The number of para-hydroxylation sites is 1. The first-order valence-corrected chi connectivity index (χ1v) is 9.54. The number of carbonyl (C=O) groups excluding carboxylic acids is 1. The van der Waals surface area contributed by atoms with E-state index in [0.29, 0.717) is 5.75 Å². The number of carbonyl (C=O) groups is 1. The summed E-state index contributed by atoms with van der Waals surface area (Å²) in [5, 5.41) is 4.13. The fraction of sp³-hybridized carbons (Fsp3) is 0.211. The summed E-state index contributed by atoms with van der Waals surface area (Å²) in [5.41, 5.74) is 2.00. The molecule has 2 unspecified atom stereocenters. The average Bonchev–Trinajstić information content (AvgIpc) is 2.98. The SMILES string of the molecule is CS(=O)CC(NC(=O)Cn1ccc2ccccc21)c1ccccc1. The monoisotopic (exact) mass is 340 g/mol. The number of nitrogens with one attached hydrogen (secondary N) is 1. The maximum Gasteiger partial charge on any atom is 0.240 e. The second-order valence-electron chi connectivity index (χ2n) is 5.77. The fourth-order valence-electron chi connectivity index (χ4n) is 2.81. The van der Waals surface area contributed by atoms with Crippen LogP contribution in [0.1, 0.15) is 11.6 Å². The van der Waals surface area contributed by atoms with E-state index < -0.39 is 10.8 Å². The zero-order valence-electron chi connectivity index (χ0n) is 13.5. The van der Waals surface area contributed by atoms with Gasteiger partial charge in [-0.3, -0.25) is 9.00 Å². The highest BCUT2D eigenvalue weighted by Gasteiger charge is 2.16. The standard InChI is InChI=1S/C19H20N2O2S/c1-24(23)14-17(15-7-3-2-4-8-15)20-19(22)13-21-12-11-16-9-5-6-10-18(16)21/h2-12,17H,13-14H2,1H3,(H,20,22). The van der Waals surface area contributed by atoms with E-state index >= 15 is 0 Å². The molecule has 0 aliphatic heterocycles.